The van der Waals surface area contributed by atoms with Crippen LogP contribution in [0.25, 0.3) is 5.69 Å². The highest BCUT2D eigenvalue weighted by molar-refractivity contribution is 7.16. The molecule has 5 rings (SSSR count). The van der Waals surface area contributed by atoms with E-state index in [1.807, 2.05) is 18.3 Å². The summed E-state index contributed by atoms with van der Waals surface area (Å²) < 4.78 is 8.95. The second-order valence-corrected chi connectivity index (χ2v) is 8.44. The summed E-state index contributed by atoms with van der Waals surface area (Å²) in [5.41, 5.74) is 2.90. The summed E-state index contributed by atoms with van der Waals surface area (Å²) >= 11 is 7.95. The molecule has 26 heavy (non-hydrogen) atoms. The average molecular weight is 388 g/mol. The average Bonchev–Trinajstić information content (AvgIpc) is 3.30. The highest BCUT2D eigenvalue weighted by Gasteiger charge is 2.44. The number of nitrogens with one attached hydrogen (secondary N) is 1. The number of piperidine rings is 1. The minimum atomic E-state index is -0.264. The lowest BCUT2D eigenvalue weighted by Gasteiger charge is -2.43. The van der Waals surface area contributed by atoms with E-state index in [4.69, 9.17) is 16.3 Å². The van der Waals surface area contributed by atoms with Crippen molar-refractivity contribution in [1.29, 1.82) is 0 Å². The normalized spacial score (nSPS) is 25.3. The zero-order chi connectivity index (χ0) is 17.6. The molecular formula is C18H18ClN5OS. The number of rotatable bonds is 2. The van der Waals surface area contributed by atoms with Crippen LogP contribution in [0.3, 0.4) is 0 Å². The van der Waals surface area contributed by atoms with E-state index in [-0.39, 0.29) is 11.6 Å². The molecule has 0 aromatic carbocycles. The smallest absolute Gasteiger partial charge is 0.106 e. The van der Waals surface area contributed by atoms with Gasteiger partial charge in [0.2, 0.25) is 0 Å². The van der Waals surface area contributed by atoms with Crippen molar-refractivity contribution >= 4 is 22.9 Å². The van der Waals surface area contributed by atoms with Gasteiger partial charge in [-0.3, -0.25) is 4.98 Å². The van der Waals surface area contributed by atoms with Gasteiger partial charge in [0.1, 0.15) is 11.3 Å². The molecule has 0 radical (unpaired) electrons. The van der Waals surface area contributed by atoms with Gasteiger partial charge in [-0.1, -0.05) is 16.8 Å². The molecule has 0 bridgehead atoms. The van der Waals surface area contributed by atoms with E-state index in [0.29, 0.717) is 0 Å². The molecule has 3 aromatic heterocycles. The fourth-order valence-electron chi connectivity index (χ4n) is 3.94. The van der Waals surface area contributed by atoms with Gasteiger partial charge in [-0.25, -0.2) is 4.68 Å². The lowest BCUT2D eigenvalue weighted by Crippen LogP contribution is -2.45. The fraction of sp³-hybridized carbons (Fsp3) is 0.389. The molecule has 6 nitrogen and oxygen atoms in total. The van der Waals surface area contributed by atoms with Crippen molar-refractivity contribution < 1.29 is 4.74 Å². The van der Waals surface area contributed by atoms with Crippen LogP contribution in [0, 0.1) is 0 Å². The maximum Gasteiger partial charge on any atom is 0.106 e. The molecule has 1 saturated heterocycles. The number of hydrogen-bond donors (Lipinski definition) is 1. The molecule has 1 fully saturated rings. The van der Waals surface area contributed by atoms with Crippen LogP contribution in [0.4, 0.5) is 0 Å². The quantitative estimate of drug-likeness (QED) is 0.731. The summed E-state index contributed by atoms with van der Waals surface area (Å²) in [7, 11) is 0. The first-order valence-corrected chi connectivity index (χ1v) is 9.92. The molecule has 2 atom stereocenters. The molecule has 8 heteroatoms. The van der Waals surface area contributed by atoms with Crippen LogP contribution in [-0.2, 0) is 16.8 Å². The van der Waals surface area contributed by atoms with Crippen molar-refractivity contribution in [3.63, 3.8) is 0 Å². The standard InChI is InChI=1S/C18H18ClN5OS/c19-16-8-12-3-7-25-18(17(12)26-16)4-6-21-14(9-18)15-11-24(23-22-15)13-2-1-5-20-10-13/h1-2,5,8,10-11,14,21H,3-4,6-7,9H2/t14-,18-/m0/s1. The Hall–Kier alpha value is -1.80. The van der Waals surface area contributed by atoms with Gasteiger partial charge in [0, 0.05) is 17.5 Å². The number of nitrogens with zero attached hydrogens (tertiary/aromatic N) is 4. The van der Waals surface area contributed by atoms with Crippen LogP contribution in [0.5, 0.6) is 0 Å². The van der Waals surface area contributed by atoms with Crippen molar-refractivity contribution in [2.24, 2.45) is 0 Å². The van der Waals surface area contributed by atoms with Crippen LogP contribution in [0.2, 0.25) is 4.34 Å². The van der Waals surface area contributed by atoms with Crippen LogP contribution >= 0.6 is 22.9 Å². The van der Waals surface area contributed by atoms with Gasteiger partial charge in [-0.2, -0.15) is 0 Å². The summed E-state index contributed by atoms with van der Waals surface area (Å²) in [6, 6.07) is 6.05. The number of thiophene rings is 1. The molecule has 2 aliphatic rings. The van der Waals surface area contributed by atoms with Crippen molar-refractivity contribution in [2.45, 2.75) is 30.9 Å². The van der Waals surface area contributed by atoms with Crippen LogP contribution in [0.1, 0.15) is 35.0 Å². The third-order valence-electron chi connectivity index (χ3n) is 5.17. The number of aromatic nitrogens is 4. The summed E-state index contributed by atoms with van der Waals surface area (Å²) in [6.07, 6.45) is 8.22. The van der Waals surface area contributed by atoms with Crippen molar-refractivity contribution in [1.82, 2.24) is 25.3 Å². The molecule has 0 unspecified atom stereocenters. The number of pyridine rings is 1. The largest absolute Gasteiger partial charge is 0.369 e. The van der Waals surface area contributed by atoms with Gasteiger partial charge in [-0.05, 0) is 43.1 Å². The van der Waals surface area contributed by atoms with Crippen molar-refractivity contribution in [2.75, 3.05) is 13.2 Å². The molecule has 0 amide bonds. The van der Waals surface area contributed by atoms with Gasteiger partial charge in [0.25, 0.3) is 0 Å². The van der Waals surface area contributed by atoms with Crippen LogP contribution in [0.15, 0.2) is 36.8 Å². The monoisotopic (exact) mass is 387 g/mol. The summed E-state index contributed by atoms with van der Waals surface area (Å²) in [5, 5.41) is 12.2. The fourth-order valence-corrected chi connectivity index (χ4v) is 5.42. The predicted molar refractivity (Wildman–Crippen MR) is 99.8 cm³/mol. The lowest BCUT2D eigenvalue weighted by molar-refractivity contribution is -0.0871. The van der Waals surface area contributed by atoms with E-state index in [0.717, 1.165) is 48.1 Å². The Morgan fingerprint density at radius 1 is 1.42 bits per heavy atom. The van der Waals surface area contributed by atoms with Crippen molar-refractivity contribution in [3.8, 4) is 5.69 Å². The Balaban J connectivity index is 1.45. The van der Waals surface area contributed by atoms with Gasteiger partial charge < -0.3 is 10.1 Å². The summed E-state index contributed by atoms with van der Waals surface area (Å²) in [4.78, 5) is 5.43. The molecule has 0 saturated carbocycles. The van der Waals surface area contributed by atoms with Crippen LogP contribution < -0.4 is 5.32 Å². The van der Waals surface area contributed by atoms with E-state index in [1.54, 1.807) is 28.4 Å². The zero-order valence-electron chi connectivity index (χ0n) is 14.1. The second-order valence-electron chi connectivity index (χ2n) is 6.76. The van der Waals surface area contributed by atoms with E-state index < -0.39 is 0 Å². The second kappa shape index (κ2) is 6.42. The molecule has 0 aliphatic carbocycles. The number of fused-ring (bicyclic) bond motifs is 2. The van der Waals surface area contributed by atoms with E-state index >= 15 is 0 Å². The highest BCUT2D eigenvalue weighted by atomic mass is 35.5. The molecule has 2 aliphatic heterocycles. The topological polar surface area (TPSA) is 64.9 Å². The molecule has 3 aromatic rings. The first-order valence-electron chi connectivity index (χ1n) is 8.72. The predicted octanol–water partition coefficient (Wildman–Crippen LogP) is 3.27. The third kappa shape index (κ3) is 2.75. The first kappa shape index (κ1) is 16.4. The van der Waals surface area contributed by atoms with Crippen molar-refractivity contribution in [3.05, 3.63) is 57.3 Å². The molecule has 5 heterocycles. The van der Waals surface area contributed by atoms with E-state index in [9.17, 15) is 0 Å². The minimum absolute atomic E-state index is 0.0981. The van der Waals surface area contributed by atoms with Gasteiger partial charge in [0.05, 0.1) is 35.1 Å². The number of ether oxygens (including phenoxy) is 1. The van der Waals surface area contributed by atoms with Gasteiger partial charge in [0.15, 0.2) is 0 Å². The van der Waals surface area contributed by atoms with Gasteiger partial charge >= 0.3 is 0 Å². The highest BCUT2D eigenvalue weighted by Crippen LogP contribution is 2.48. The number of halogens is 1. The van der Waals surface area contributed by atoms with Crippen LogP contribution in [-0.4, -0.2) is 33.1 Å². The Morgan fingerprint density at radius 3 is 3.27 bits per heavy atom. The Labute approximate surface area is 160 Å². The summed E-state index contributed by atoms with van der Waals surface area (Å²) in [5.74, 6) is 0. The third-order valence-corrected chi connectivity index (χ3v) is 6.67. The van der Waals surface area contributed by atoms with E-state index in [1.165, 1.54) is 10.4 Å². The zero-order valence-corrected chi connectivity index (χ0v) is 15.6. The number of hydrogen-bond acceptors (Lipinski definition) is 6. The molecule has 134 valence electrons. The Kier molecular flexibility index (Phi) is 4.04. The minimum Gasteiger partial charge on any atom is -0.369 e. The molecule has 1 N–H and O–H groups in total. The Bertz CT molecular complexity index is 927. The van der Waals surface area contributed by atoms with E-state index in [2.05, 4.69) is 26.7 Å². The molecule has 1 spiro atoms. The lowest BCUT2D eigenvalue weighted by atomic mass is 9.82. The summed E-state index contributed by atoms with van der Waals surface area (Å²) in [6.45, 7) is 1.62. The Morgan fingerprint density at radius 2 is 2.38 bits per heavy atom. The molecular weight excluding hydrogens is 370 g/mol. The maximum atomic E-state index is 6.34. The maximum absolute atomic E-state index is 6.34. The first-order chi connectivity index (χ1) is 12.7. The SMILES string of the molecule is Clc1cc2c(s1)[C@@]1(CCN[C@H](c3cn(-c4cccnc4)nn3)C1)OCC2. The van der Waals surface area contributed by atoms with Gasteiger partial charge in [-0.15, -0.1) is 16.4 Å².